The lowest BCUT2D eigenvalue weighted by Gasteiger charge is -2.19. The number of hydrogen-bond donors (Lipinski definition) is 2. The van der Waals surface area contributed by atoms with Crippen LogP contribution in [0.2, 0.25) is 0 Å². The quantitative estimate of drug-likeness (QED) is 0.818. The van der Waals surface area contributed by atoms with Crippen LogP contribution in [-0.4, -0.2) is 16.7 Å². The van der Waals surface area contributed by atoms with E-state index in [-0.39, 0.29) is 12.6 Å². The third-order valence-corrected chi connectivity index (χ3v) is 2.84. The Morgan fingerprint density at radius 3 is 2.50 bits per heavy atom. The van der Waals surface area contributed by atoms with Crippen LogP contribution in [-0.2, 0) is 0 Å². The van der Waals surface area contributed by atoms with Gasteiger partial charge in [-0.25, -0.2) is 4.98 Å². The molecule has 0 fully saturated rings. The zero-order valence-corrected chi connectivity index (χ0v) is 10.3. The molecule has 2 aromatic rings. The van der Waals surface area contributed by atoms with Gasteiger partial charge in [0.2, 0.25) is 0 Å². The number of nitrogens with one attached hydrogen (secondary N) is 1. The minimum absolute atomic E-state index is 0.188. The van der Waals surface area contributed by atoms with Crippen molar-refractivity contribution in [3.8, 4) is 0 Å². The molecule has 1 aromatic carbocycles. The molecule has 0 aliphatic rings. The van der Waals surface area contributed by atoms with Crippen molar-refractivity contribution < 1.29 is 5.11 Å². The molecular weight excluding hydrogens is 224 g/mol. The van der Waals surface area contributed by atoms with Crippen LogP contribution in [0.15, 0.2) is 54.7 Å². The van der Waals surface area contributed by atoms with E-state index in [4.69, 9.17) is 5.11 Å². The molecule has 3 heteroatoms. The molecule has 0 aliphatic heterocycles. The molecule has 0 saturated carbocycles. The maximum absolute atomic E-state index is 8.98. The number of aliphatic hydroxyl groups excluding tert-OH is 1. The van der Waals surface area contributed by atoms with Crippen molar-refractivity contribution in [1.82, 2.24) is 4.98 Å². The van der Waals surface area contributed by atoms with E-state index in [1.165, 1.54) is 5.56 Å². The third-order valence-electron chi connectivity index (χ3n) is 2.84. The molecule has 1 heterocycles. The Morgan fingerprint density at radius 1 is 1.06 bits per heavy atom. The second-order valence-corrected chi connectivity index (χ2v) is 4.19. The topological polar surface area (TPSA) is 45.1 Å². The number of nitrogens with zero attached hydrogens (tertiary/aromatic N) is 1. The predicted molar refractivity (Wildman–Crippen MR) is 73.4 cm³/mol. The molecule has 3 nitrogen and oxygen atoms in total. The second kappa shape index (κ2) is 6.77. The first kappa shape index (κ1) is 12.6. The van der Waals surface area contributed by atoms with Gasteiger partial charge in [0.1, 0.15) is 5.82 Å². The van der Waals surface area contributed by atoms with Crippen LogP contribution in [0.3, 0.4) is 0 Å². The maximum atomic E-state index is 8.98. The zero-order valence-electron chi connectivity index (χ0n) is 10.3. The van der Waals surface area contributed by atoms with E-state index in [1.807, 2.05) is 36.4 Å². The van der Waals surface area contributed by atoms with E-state index in [0.717, 1.165) is 18.7 Å². The number of hydrogen-bond acceptors (Lipinski definition) is 3. The summed E-state index contributed by atoms with van der Waals surface area (Å²) in [6.45, 7) is 0.216. The summed E-state index contributed by atoms with van der Waals surface area (Å²) in [5.41, 5.74) is 1.22. The SMILES string of the molecule is OCCCC(Nc1ccccn1)c1ccccc1. The van der Waals surface area contributed by atoms with Gasteiger partial charge < -0.3 is 10.4 Å². The van der Waals surface area contributed by atoms with E-state index in [0.29, 0.717) is 0 Å². The molecule has 18 heavy (non-hydrogen) atoms. The van der Waals surface area contributed by atoms with Crippen LogP contribution in [0.4, 0.5) is 5.82 Å². The normalized spacial score (nSPS) is 12.1. The van der Waals surface area contributed by atoms with Crippen LogP contribution in [0.1, 0.15) is 24.4 Å². The van der Waals surface area contributed by atoms with E-state index in [2.05, 4.69) is 22.4 Å². The molecule has 2 rings (SSSR count). The molecule has 94 valence electrons. The fraction of sp³-hybridized carbons (Fsp3) is 0.267. The van der Waals surface area contributed by atoms with Crippen molar-refractivity contribution in [2.75, 3.05) is 11.9 Å². The van der Waals surface area contributed by atoms with Crippen LogP contribution in [0, 0.1) is 0 Å². The van der Waals surface area contributed by atoms with Crippen LogP contribution in [0.25, 0.3) is 0 Å². The Kier molecular flexibility index (Phi) is 4.73. The Bertz CT molecular complexity index is 445. The van der Waals surface area contributed by atoms with Crippen LogP contribution >= 0.6 is 0 Å². The highest BCUT2D eigenvalue weighted by molar-refractivity contribution is 5.37. The molecule has 2 N–H and O–H groups in total. The van der Waals surface area contributed by atoms with Gasteiger partial charge in [-0.05, 0) is 30.5 Å². The summed E-state index contributed by atoms with van der Waals surface area (Å²) in [5.74, 6) is 0.865. The predicted octanol–water partition coefficient (Wildman–Crippen LogP) is 3.01. The maximum Gasteiger partial charge on any atom is 0.126 e. The number of anilines is 1. The van der Waals surface area contributed by atoms with Crippen molar-refractivity contribution in [2.45, 2.75) is 18.9 Å². The molecule has 1 atom stereocenters. The van der Waals surface area contributed by atoms with Gasteiger partial charge in [-0.3, -0.25) is 0 Å². The zero-order chi connectivity index (χ0) is 12.6. The number of pyridine rings is 1. The van der Waals surface area contributed by atoms with Gasteiger partial charge in [0, 0.05) is 12.8 Å². The summed E-state index contributed by atoms with van der Waals surface area (Å²) in [6.07, 6.45) is 3.44. The van der Waals surface area contributed by atoms with Crippen molar-refractivity contribution in [2.24, 2.45) is 0 Å². The Balaban J connectivity index is 2.10. The van der Waals surface area contributed by atoms with E-state index >= 15 is 0 Å². The van der Waals surface area contributed by atoms with Gasteiger partial charge in [-0.15, -0.1) is 0 Å². The van der Waals surface area contributed by atoms with Crippen molar-refractivity contribution >= 4 is 5.82 Å². The lowest BCUT2D eigenvalue weighted by molar-refractivity contribution is 0.281. The molecule has 0 aliphatic carbocycles. The lowest BCUT2D eigenvalue weighted by Crippen LogP contribution is -2.12. The molecule has 0 radical (unpaired) electrons. The van der Waals surface area contributed by atoms with Crippen molar-refractivity contribution in [1.29, 1.82) is 0 Å². The smallest absolute Gasteiger partial charge is 0.126 e. The van der Waals surface area contributed by atoms with Gasteiger partial charge in [0.15, 0.2) is 0 Å². The molecule has 1 unspecified atom stereocenters. The molecule has 1 aromatic heterocycles. The molecular formula is C15H18N2O. The van der Waals surface area contributed by atoms with Gasteiger partial charge >= 0.3 is 0 Å². The number of aliphatic hydroxyl groups is 1. The summed E-state index contributed by atoms with van der Waals surface area (Å²) in [5, 5.41) is 12.4. The molecule has 0 spiro atoms. The number of benzene rings is 1. The van der Waals surface area contributed by atoms with Gasteiger partial charge in [0.05, 0.1) is 6.04 Å². The largest absolute Gasteiger partial charge is 0.396 e. The Morgan fingerprint density at radius 2 is 1.83 bits per heavy atom. The highest BCUT2D eigenvalue weighted by Gasteiger charge is 2.10. The van der Waals surface area contributed by atoms with Gasteiger partial charge in [-0.2, -0.15) is 0 Å². The molecule has 0 bridgehead atoms. The first-order valence-corrected chi connectivity index (χ1v) is 6.23. The van der Waals surface area contributed by atoms with Crippen molar-refractivity contribution in [3.05, 3.63) is 60.3 Å². The third kappa shape index (κ3) is 3.57. The average molecular weight is 242 g/mol. The first-order chi connectivity index (χ1) is 8.90. The summed E-state index contributed by atoms with van der Waals surface area (Å²) < 4.78 is 0. The Labute approximate surface area is 108 Å². The standard InChI is InChI=1S/C15H18N2O/c18-12-6-9-14(13-7-2-1-3-8-13)17-15-10-4-5-11-16-15/h1-5,7-8,10-11,14,18H,6,9,12H2,(H,16,17). The van der Waals surface area contributed by atoms with E-state index < -0.39 is 0 Å². The summed E-state index contributed by atoms with van der Waals surface area (Å²) in [7, 11) is 0. The molecule has 0 amide bonds. The van der Waals surface area contributed by atoms with Crippen molar-refractivity contribution in [3.63, 3.8) is 0 Å². The fourth-order valence-corrected chi connectivity index (χ4v) is 1.93. The lowest BCUT2D eigenvalue weighted by atomic mass is 10.0. The molecule has 0 saturated heterocycles. The summed E-state index contributed by atoms with van der Waals surface area (Å²) in [4.78, 5) is 4.28. The monoisotopic (exact) mass is 242 g/mol. The van der Waals surface area contributed by atoms with E-state index in [1.54, 1.807) is 6.20 Å². The Hall–Kier alpha value is -1.87. The summed E-state index contributed by atoms with van der Waals surface area (Å²) in [6, 6.07) is 16.3. The van der Waals surface area contributed by atoms with Crippen LogP contribution < -0.4 is 5.32 Å². The fourth-order valence-electron chi connectivity index (χ4n) is 1.93. The minimum atomic E-state index is 0.188. The highest BCUT2D eigenvalue weighted by atomic mass is 16.2. The van der Waals surface area contributed by atoms with Gasteiger partial charge in [-0.1, -0.05) is 36.4 Å². The average Bonchev–Trinajstić information content (AvgIpc) is 2.45. The summed E-state index contributed by atoms with van der Waals surface area (Å²) >= 11 is 0. The number of aromatic nitrogens is 1. The van der Waals surface area contributed by atoms with Gasteiger partial charge in [0.25, 0.3) is 0 Å². The first-order valence-electron chi connectivity index (χ1n) is 6.23. The van der Waals surface area contributed by atoms with Crippen LogP contribution in [0.5, 0.6) is 0 Å². The number of rotatable bonds is 6. The highest BCUT2D eigenvalue weighted by Crippen LogP contribution is 2.22. The second-order valence-electron chi connectivity index (χ2n) is 4.19. The van der Waals surface area contributed by atoms with E-state index in [9.17, 15) is 0 Å². The minimum Gasteiger partial charge on any atom is -0.396 e.